The van der Waals surface area contributed by atoms with Crippen molar-refractivity contribution in [3.05, 3.63) is 0 Å². The first-order valence-corrected chi connectivity index (χ1v) is 3.88. The third kappa shape index (κ3) is 1.90. The van der Waals surface area contributed by atoms with Crippen LogP contribution in [0.3, 0.4) is 0 Å². The van der Waals surface area contributed by atoms with Gasteiger partial charge >= 0.3 is 6.18 Å². The summed E-state index contributed by atoms with van der Waals surface area (Å²) >= 11 is 0. The minimum absolute atomic E-state index is 0.0127. The Morgan fingerprint density at radius 3 is 2.33 bits per heavy atom. The number of aliphatic hydroxyl groups is 1. The molecule has 1 fully saturated rings. The van der Waals surface area contributed by atoms with Crippen molar-refractivity contribution in [2.75, 3.05) is 6.61 Å². The standard InChI is InChI=1S/C7H12F3NO/c1-4-6(7(8,9)10)2-5(3-12)11-4/h4-6,11-12H,2-3H2,1H3/t4-,5-,6-/m0/s1. The second-order valence-electron chi connectivity index (χ2n) is 3.22. The van der Waals surface area contributed by atoms with Gasteiger partial charge in [0.15, 0.2) is 0 Å². The van der Waals surface area contributed by atoms with Gasteiger partial charge in [0, 0.05) is 12.1 Å². The molecule has 2 N–H and O–H groups in total. The van der Waals surface area contributed by atoms with Crippen molar-refractivity contribution in [2.45, 2.75) is 31.6 Å². The maximum Gasteiger partial charge on any atom is 0.393 e. The fourth-order valence-electron chi connectivity index (χ4n) is 1.61. The molecule has 0 radical (unpaired) electrons. The number of alkyl halides is 3. The lowest BCUT2D eigenvalue weighted by Gasteiger charge is -2.17. The Morgan fingerprint density at radius 1 is 1.50 bits per heavy atom. The molecule has 0 unspecified atom stereocenters. The van der Waals surface area contributed by atoms with Crippen LogP contribution in [-0.4, -0.2) is 30.0 Å². The number of hydrogen-bond acceptors (Lipinski definition) is 2. The van der Waals surface area contributed by atoms with Gasteiger partial charge in [-0.05, 0) is 13.3 Å². The summed E-state index contributed by atoms with van der Waals surface area (Å²) in [5.41, 5.74) is 0. The number of halogens is 3. The molecular formula is C7H12F3NO. The van der Waals surface area contributed by atoms with E-state index in [4.69, 9.17) is 5.11 Å². The third-order valence-corrected chi connectivity index (χ3v) is 2.28. The van der Waals surface area contributed by atoms with Gasteiger partial charge in [-0.2, -0.15) is 13.2 Å². The molecule has 0 spiro atoms. The van der Waals surface area contributed by atoms with E-state index >= 15 is 0 Å². The summed E-state index contributed by atoms with van der Waals surface area (Å²) in [4.78, 5) is 0. The lowest BCUT2D eigenvalue weighted by molar-refractivity contribution is -0.175. The summed E-state index contributed by atoms with van der Waals surface area (Å²) in [5, 5.41) is 11.3. The van der Waals surface area contributed by atoms with Crippen LogP contribution in [0.25, 0.3) is 0 Å². The van der Waals surface area contributed by atoms with Crippen molar-refractivity contribution in [1.82, 2.24) is 5.32 Å². The van der Waals surface area contributed by atoms with Crippen molar-refractivity contribution in [1.29, 1.82) is 0 Å². The van der Waals surface area contributed by atoms with Gasteiger partial charge in [-0.25, -0.2) is 0 Å². The average Bonchev–Trinajstić information content (AvgIpc) is 2.29. The van der Waals surface area contributed by atoms with Crippen LogP contribution in [-0.2, 0) is 0 Å². The van der Waals surface area contributed by atoms with Gasteiger partial charge in [0.25, 0.3) is 0 Å². The molecule has 1 saturated heterocycles. The second kappa shape index (κ2) is 3.22. The van der Waals surface area contributed by atoms with Crippen LogP contribution in [0.5, 0.6) is 0 Å². The molecule has 5 heteroatoms. The van der Waals surface area contributed by atoms with Gasteiger partial charge in [0.2, 0.25) is 0 Å². The Morgan fingerprint density at radius 2 is 2.08 bits per heavy atom. The SMILES string of the molecule is C[C@@H]1N[C@H](CO)C[C@@H]1C(F)(F)F. The monoisotopic (exact) mass is 183 g/mol. The Hall–Kier alpha value is -0.290. The second-order valence-corrected chi connectivity index (χ2v) is 3.22. The van der Waals surface area contributed by atoms with E-state index in [1.807, 2.05) is 0 Å². The molecular weight excluding hydrogens is 171 g/mol. The topological polar surface area (TPSA) is 32.3 Å². The number of nitrogens with one attached hydrogen (secondary N) is 1. The zero-order valence-electron chi connectivity index (χ0n) is 6.73. The summed E-state index contributed by atoms with van der Waals surface area (Å²) in [5.74, 6) is -1.31. The highest BCUT2D eigenvalue weighted by atomic mass is 19.4. The maximum atomic E-state index is 12.2. The van der Waals surface area contributed by atoms with Crippen molar-refractivity contribution in [3.63, 3.8) is 0 Å². The Kier molecular flexibility index (Phi) is 2.63. The normalized spacial score (nSPS) is 37.2. The minimum atomic E-state index is -4.14. The highest BCUT2D eigenvalue weighted by molar-refractivity contribution is 4.91. The summed E-state index contributed by atoms with van der Waals surface area (Å²) < 4.78 is 36.6. The van der Waals surface area contributed by atoms with Gasteiger partial charge in [-0.3, -0.25) is 0 Å². The first kappa shape index (κ1) is 9.80. The zero-order valence-corrected chi connectivity index (χ0v) is 6.73. The van der Waals surface area contributed by atoms with Gasteiger partial charge < -0.3 is 10.4 Å². The minimum Gasteiger partial charge on any atom is -0.395 e. The van der Waals surface area contributed by atoms with Crippen molar-refractivity contribution >= 4 is 0 Å². The summed E-state index contributed by atoms with van der Waals surface area (Å²) in [6, 6.07) is -0.978. The highest BCUT2D eigenvalue weighted by Gasteiger charge is 2.47. The lowest BCUT2D eigenvalue weighted by Crippen LogP contribution is -2.34. The number of aliphatic hydroxyl groups excluding tert-OH is 1. The summed E-state index contributed by atoms with van der Waals surface area (Å²) in [6.07, 6.45) is -4.16. The van der Waals surface area contributed by atoms with E-state index in [-0.39, 0.29) is 13.0 Å². The molecule has 0 aromatic carbocycles. The molecule has 1 aliphatic rings. The Labute approximate surface area is 68.8 Å². The molecule has 1 rings (SSSR count). The molecule has 72 valence electrons. The smallest absolute Gasteiger partial charge is 0.393 e. The maximum absolute atomic E-state index is 12.2. The molecule has 0 saturated carbocycles. The third-order valence-electron chi connectivity index (χ3n) is 2.28. The quantitative estimate of drug-likeness (QED) is 0.633. The van der Waals surface area contributed by atoms with Crippen molar-refractivity contribution in [2.24, 2.45) is 5.92 Å². The van der Waals surface area contributed by atoms with E-state index in [2.05, 4.69) is 5.32 Å². The van der Waals surface area contributed by atoms with E-state index in [0.29, 0.717) is 0 Å². The molecule has 0 amide bonds. The van der Waals surface area contributed by atoms with E-state index in [0.717, 1.165) is 0 Å². The summed E-state index contributed by atoms with van der Waals surface area (Å²) in [6.45, 7) is 1.27. The predicted molar refractivity (Wildman–Crippen MR) is 37.6 cm³/mol. The van der Waals surface area contributed by atoms with Crippen LogP contribution in [0.1, 0.15) is 13.3 Å². The van der Waals surface area contributed by atoms with Gasteiger partial charge in [-0.1, -0.05) is 0 Å². The fourth-order valence-corrected chi connectivity index (χ4v) is 1.61. The summed E-state index contributed by atoms with van der Waals surface area (Å²) in [7, 11) is 0. The first-order chi connectivity index (χ1) is 5.45. The average molecular weight is 183 g/mol. The molecule has 2 nitrogen and oxygen atoms in total. The molecule has 3 atom stereocenters. The predicted octanol–water partition coefficient (Wildman–Crippen LogP) is 0.908. The van der Waals surface area contributed by atoms with E-state index < -0.39 is 24.2 Å². The van der Waals surface area contributed by atoms with Crippen LogP contribution in [0, 0.1) is 5.92 Å². The van der Waals surface area contributed by atoms with Gasteiger partial charge in [-0.15, -0.1) is 0 Å². The number of rotatable bonds is 1. The Bertz CT molecular complexity index is 159. The van der Waals surface area contributed by atoms with Crippen LogP contribution in [0.15, 0.2) is 0 Å². The van der Waals surface area contributed by atoms with E-state index in [1.54, 1.807) is 0 Å². The van der Waals surface area contributed by atoms with Gasteiger partial charge in [0.1, 0.15) is 0 Å². The van der Waals surface area contributed by atoms with E-state index in [1.165, 1.54) is 6.92 Å². The lowest BCUT2D eigenvalue weighted by atomic mass is 10.00. The van der Waals surface area contributed by atoms with Crippen LogP contribution in [0.4, 0.5) is 13.2 Å². The fraction of sp³-hybridized carbons (Fsp3) is 1.00. The zero-order chi connectivity index (χ0) is 9.35. The molecule has 1 heterocycles. The van der Waals surface area contributed by atoms with Crippen molar-refractivity contribution in [3.8, 4) is 0 Å². The molecule has 0 bridgehead atoms. The van der Waals surface area contributed by atoms with Crippen LogP contribution >= 0.6 is 0 Å². The molecule has 0 aromatic rings. The molecule has 1 aliphatic heterocycles. The molecule has 12 heavy (non-hydrogen) atoms. The largest absolute Gasteiger partial charge is 0.395 e. The highest BCUT2D eigenvalue weighted by Crippen LogP contribution is 2.35. The van der Waals surface area contributed by atoms with Crippen LogP contribution < -0.4 is 5.32 Å². The van der Waals surface area contributed by atoms with E-state index in [9.17, 15) is 13.2 Å². The van der Waals surface area contributed by atoms with Gasteiger partial charge in [0.05, 0.1) is 12.5 Å². The first-order valence-electron chi connectivity index (χ1n) is 3.88. The van der Waals surface area contributed by atoms with Crippen LogP contribution in [0.2, 0.25) is 0 Å². The van der Waals surface area contributed by atoms with Crippen molar-refractivity contribution < 1.29 is 18.3 Å². The Balaban J connectivity index is 2.58. The molecule has 0 aromatic heterocycles. The molecule has 0 aliphatic carbocycles. The number of hydrogen-bond donors (Lipinski definition) is 2.